The Hall–Kier alpha value is -0.850. The number of aryl methyl sites for hydroxylation is 1. The van der Waals surface area contributed by atoms with Crippen LogP contribution >= 0.6 is 79.5 Å². The van der Waals surface area contributed by atoms with Crippen LogP contribution in [0.25, 0.3) is 0 Å². The van der Waals surface area contributed by atoms with Crippen LogP contribution in [0, 0.1) is 17.6 Å². The second kappa shape index (κ2) is 14.3. The minimum absolute atomic E-state index is 0.0146. The van der Waals surface area contributed by atoms with E-state index in [-0.39, 0.29) is 12.5 Å². The Balaban J connectivity index is 1.55. The summed E-state index contributed by atoms with van der Waals surface area (Å²) < 4.78 is 22.3. The summed E-state index contributed by atoms with van der Waals surface area (Å²) in [6.45, 7) is 7.84. The van der Waals surface area contributed by atoms with E-state index in [1.54, 1.807) is 16.4 Å². The number of thioether (sulfide) groups is 1. The van der Waals surface area contributed by atoms with Crippen LogP contribution in [-0.2, 0) is 22.5 Å². The molecule has 8 nitrogen and oxygen atoms in total. The van der Waals surface area contributed by atoms with Gasteiger partial charge in [-0.3, -0.25) is 4.79 Å². The van der Waals surface area contributed by atoms with Gasteiger partial charge in [0.1, 0.15) is 16.5 Å². The van der Waals surface area contributed by atoms with Gasteiger partial charge in [-0.2, -0.15) is 0 Å². The number of hydrogen-bond donors (Lipinski definition) is 1. The van der Waals surface area contributed by atoms with Crippen LogP contribution in [0.4, 0.5) is 0 Å². The van der Waals surface area contributed by atoms with E-state index >= 15 is 0 Å². The van der Waals surface area contributed by atoms with Crippen molar-refractivity contribution in [3.8, 4) is 17.2 Å². The number of carboxylic acids is 1. The molecular formula is C24H26I3N3O5S. The first kappa shape index (κ1) is 29.7. The molecule has 0 unspecified atom stereocenters. The van der Waals surface area contributed by atoms with Crippen molar-refractivity contribution in [1.82, 2.24) is 15.0 Å². The number of aromatic nitrogens is 3. The molecule has 1 heterocycles. The maximum absolute atomic E-state index is 11.0. The van der Waals surface area contributed by atoms with Crippen LogP contribution in [0.1, 0.15) is 25.0 Å². The van der Waals surface area contributed by atoms with E-state index in [1.807, 2.05) is 51.2 Å². The fraction of sp³-hybridized carbons (Fsp3) is 0.375. The lowest BCUT2D eigenvalue weighted by molar-refractivity contribution is -0.136. The molecule has 0 amide bonds. The van der Waals surface area contributed by atoms with Crippen molar-refractivity contribution in [2.45, 2.75) is 44.9 Å². The predicted molar refractivity (Wildman–Crippen MR) is 165 cm³/mol. The van der Waals surface area contributed by atoms with Crippen LogP contribution in [0.15, 0.2) is 35.5 Å². The number of nitrogens with zero attached hydrogens (tertiary/aromatic N) is 3. The molecule has 1 aromatic heterocycles. The molecule has 194 valence electrons. The molecule has 12 heteroatoms. The standard InChI is InChI=1S/C24H26I3N3O5S/c1-14(2)33-5-4-30-13-21(28-29-30)36-7-6-34-23-15(3)8-17(12-20(23)27)35-24-18(25)9-16(10-19(24)26)11-22(31)32/h8-10,12-14H,4-7,11H2,1-3H3,(H,31,32). The fourth-order valence-corrected chi connectivity index (χ4v) is 6.85. The number of benzene rings is 2. The molecule has 36 heavy (non-hydrogen) atoms. The Morgan fingerprint density at radius 1 is 1.08 bits per heavy atom. The largest absolute Gasteiger partial charge is 0.491 e. The summed E-state index contributed by atoms with van der Waals surface area (Å²) in [5.74, 6) is 2.15. The van der Waals surface area contributed by atoms with Crippen LogP contribution in [0.3, 0.4) is 0 Å². The summed E-state index contributed by atoms with van der Waals surface area (Å²) >= 11 is 8.21. The Kier molecular flexibility index (Phi) is 11.8. The highest BCUT2D eigenvalue weighted by Gasteiger charge is 2.15. The van der Waals surface area contributed by atoms with E-state index < -0.39 is 5.97 Å². The Morgan fingerprint density at radius 2 is 1.78 bits per heavy atom. The SMILES string of the molecule is Cc1cc(Oc2c(I)cc(CC(=O)O)cc2I)cc(I)c1OCCSc1cn(CCOC(C)C)nn1. The molecule has 3 rings (SSSR count). The summed E-state index contributed by atoms with van der Waals surface area (Å²) in [4.78, 5) is 11.0. The lowest BCUT2D eigenvalue weighted by atomic mass is 10.1. The predicted octanol–water partition coefficient (Wildman–Crippen LogP) is 6.42. The van der Waals surface area contributed by atoms with Gasteiger partial charge in [-0.25, -0.2) is 4.68 Å². The summed E-state index contributed by atoms with van der Waals surface area (Å²) in [6.07, 6.45) is 2.11. The summed E-state index contributed by atoms with van der Waals surface area (Å²) in [6, 6.07) is 7.58. The van der Waals surface area contributed by atoms with Crippen LogP contribution in [-0.4, -0.2) is 51.1 Å². The minimum atomic E-state index is -0.854. The van der Waals surface area contributed by atoms with Gasteiger partial charge in [-0.1, -0.05) is 17.0 Å². The third-order valence-electron chi connectivity index (χ3n) is 4.71. The maximum atomic E-state index is 11.0. The van der Waals surface area contributed by atoms with Crippen molar-refractivity contribution in [2.24, 2.45) is 0 Å². The Bertz CT molecular complexity index is 1160. The molecule has 0 aliphatic heterocycles. The number of aliphatic carboxylic acids is 1. The van der Waals surface area contributed by atoms with Gasteiger partial charge in [0, 0.05) is 5.75 Å². The number of halogens is 3. The number of rotatable bonds is 13. The lowest BCUT2D eigenvalue weighted by Gasteiger charge is -2.15. The van der Waals surface area contributed by atoms with Crippen LogP contribution < -0.4 is 9.47 Å². The fourth-order valence-electron chi connectivity index (χ4n) is 3.17. The zero-order chi connectivity index (χ0) is 26.2. The van der Waals surface area contributed by atoms with Gasteiger partial charge >= 0.3 is 5.97 Å². The van der Waals surface area contributed by atoms with E-state index in [0.717, 1.165) is 44.1 Å². The number of hydrogen-bond acceptors (Lipinski definition) is 7. The lowest BCUT2D eigenvalue weighted by Crippen LogP contribution is -2.10. The van der Waals surface area contributed by atoms with Crippen molar-refractivity contribution in [2.75, 3.05) is 19.0 Å². The summed E-state index contributed by atoms with van der Waals surface area (Å²) in [5.41, 5.74) is 1.73. The Labute approximate surface area is 255 Å². The third kappa shape index (κ3) is 9.16. The van der Waals surface area contributed by atoms with Crippen molar-refractivity contribution >= 4 is 85.5 Å². The molecule has 0 radical (unpaired) electrons. The first-order valence-corrected chi connectivity index (χ1v) is 15.3. The summed E-state index contributed by atoms with van der Waals surface area (Å²) in [5, 5.41) is 18.2. The van der Waals surface area contributed by atoms with Gasteiger partial charge in [0.15, 0.2) is 5.75 Å². The van der Waals surface area contributed by atoms with Crippen LogP contribution in [0.2, 0.25) is 0 Å². The van der Waals surface area contributed by atoms with Gasteiger partial charge in [0.05, 0.1) is 49.2 Å². The van der Waals surface area contributed by atoms with Gasteiger partial charge < -0.3 is 19.3 Å². The molecule has 0 aliphatic carbocycles. The number of carboxylic acid groups (broad SMARTS) is 1. The molecule has 0 fully saturated rings. The van der Waals surface area contributed by atoms with E-state index in [0.29, 0.717) is 25.5 Å². The summed E-state index contributed by atoms with van der Waals surface area (Å²) in [7, 11) is 0. The van der Waals surface area contributed by atoms with Crippen molar-refractivity contribution in [3.63, 3.8) is 0 Å². The first-order chi connectivity index (χ1) is 17.1. The minimum Gasteiger partial charge on any atom is -0.491 e. The van der Waals surface area contributed by atoms with Crippen molar-refractivity contribution in [3.05, 3.63) is 52.3 Å². The van der Waals surface area contributed by atoms with Gasteiger partial charge in [-0.15, -0.1) is 5.10 Å². The highest BCUT2D eigenvalue weighted by Crippen LogP contribution is 2.37. The molecule has 0 atom stereocenters. The van der Waals surface area contributed by atoms with Crippen LogP contribution in [0.5, 0.6) is 17.2 Å². The smallest absolute Gasteiger partial charge is 0.307 e. The maximum Gasteiger partial charge on any atom is 0.307 e. The number of ether oxygens (including phenoxy) is 3. The normalized spacial score (nSPS) is 11.2. The van der Waals surface area contributed by atoms with Gasteiger partial charge in [-0.05, 0) is 124 Å². The molecule has 0 bridgehead atoms. The first-order valence-electron chi connectivity index (χ1n) is 11.1. The monoisotopic (exact) mass is 849 g/mol. The van der Waals surface area contributed by atoms with Gasteiger partial charge in [0.25, 0.3) is 0 Å². The molecular weight excluding hydrogens is 823 g/mol. The molecule has 0 saturated heterocycles. The number of carbonyl (C=O) groups is 1. The third-order valence-corrected chi connectivity index (χ3v) is 7.96. The zero-order valence-electron chi connectivity index (χ0n) is 20.0. The second-order valence-electron chi connectivity index (χ2n) is 8.05. The highest BCUT2D eigenvalue weighted by atomic mass is 127. The van der Waals surface area contributed by atoms with Crippen molar-refractivity contribution < 1.29 is 24.1 Å². The molecule has 3 aromatic rings. The average molecular weight is 849 g/mol. The molecule has 0 saturated carbocycles. The van der Waals surface area contributed by atoms with E-state index in [9.17, 15) is 4.79 Å². The highest BCUT2D eigenvalue weighted by molar-refractivity contribution is 14.1. The Morgan fingerprint density at radius 3 is 2.42 bits per heavy atom. The molecule has 2 aromatic carbocycles. The topological polar surface area (TPSA) is 95.7 Å². The second-order valence-corrected chi connectivity index (χ2v) is 12.7. The van der Waals surface area contributed by atoms with Crippen molar-refractivity contribution in [1.29, 1.82) is 0 Å². The molecule has 0 aliphatic rings. The quantitative estimate of drug-likeness (QED) is 0.120. The van der Waals surface area contributed by atoms with Gasteiger partial charge in [0.2, 0.25) is 0 Å². The molecule has 1 N–H and O–H groups in total. The average Bonchev–Trinajstić information content (AvgIpc) is 3.22. The molecule has 0 spiro atoms. The zero-order valence-corrected chi connectivity index (χ0v) is 27.3. The van der Waals surface area contributed by atoms with E-state index in [1.165, 1.54) is 0 Å². The van der Waals surface area contributed by atoms with E-state index in [4.69, 9.17) is 19.3 Å². The van der Waals surface area contributed by atoms with E-state index in [2.05, 4.69) is 78.1 Å².